The minimum Gasteiger partial charge on any atom is -0.410 e. The van der Waals surface area contributed by atoms with Crippen LogP contribution in [0, 0.1) is 0 Å². The molecule has 4 nitrogen and oxygen atoms in total. The predicted octanol–water partition coefficient (Wildman–Crippen LogP) is 1.84. The van der Waals surface area contributed by atoms with Crippen molar-refractivity contribution in [3.05, 3.63) is 0 Å². The van der Waals surface area contributed by atoms with Gasteiger partial charge in [-0.05, 0) is 6.92 Å². The zero-order valence-corrected chi connectivity index (χ0v) is 10.4. The monoisotopic (exact) mass is 273 g/mol. The fourth-order valence-corrected chi connectivity index (χ4v) is 2.29. The highest BCUT2D eigenvalue weighted by Crippen LogP contribution is 2.42. The molecule has 1 N–H and O–H groups in total. The highest BCUT2D eigenvalue weighted by Gasteiger charge is 2.49. The number of aliphatic imine (C=N–C) groups is 1. The second kappa shape index (κ2) is 4.09. The highest BCUT2D eigenvalue weighted by molar-refractivity contribution is 6.50. The van der Waals surface area contributed by atoms with Gasteiger partial charge in [0.1, 0.15) is 4.87 Å². The van der Waals surface area contributed by atoms with Gasteiger partial charge in [0.2, 0.25) is 5.90 Å². The smallest absolute Gasteiger partial charge is 0.309 e. The van der Waals surface area contributed by atoms with E-state index in [1.54, 1.807) is 6.92 Å². The molecule has 7 heteroatoms. The van der Waals surface area contributed by atoms with Gasteiger partial charge in [0.15, 0.2) is 10.6 Å². The number of hydrogen-bond donors (Lipinski definition) is 1. The topological polar surface area (TPSA) is 58.9 Å². The van der Waals surface area contributed by atoms with E-state index in [2.05, 4.69) is 4.99 Å². The van der Waals surface area contributed by atoms with Gasteiger partial charge < -0.3 is 9.84 Å². The molecule has 0 bridgehead atoms. The number of aliphatic hydroxyl groups is 1. The second-order valence-electron chi connectivity index (χ2n) is 3.54. The molecule has 0 fully saturated rings. The van der Waals surface area contributed by atoms with Crippen molar-refractivity contribution in [1.82, 2.24) is 0 Å². The molecule has 1 heterocycles. The lowest BCUT2D eigenvalue weighted by molar-refractivity contribution is -0.133. The molecule has 0 radical (unpaired) electrons. The number of carbonyl (C=O) groups excluding carboxylic acids is 1. The minimum absolute atomic E-state index is 0.0257. The Morgan fingerprint density at radius 2 is 2.13 bits per heavy atom. The Morgan fingerprint density at radius 3 is 2.60 bits per heavy atom. The van der Waals surface area contributed by atoms with E-state index in [1.807, 2.05) is 0 Å². The largest absolute Gasteiger partial charge is 0.410 e. The van der Waals surface area contributed by atoms with Crippen LogP contribution in [0.2, 0.25) is 0 Å². The van der Waals surface area contributed by atoms with Crippen molar-refractivity contribution in [2.75, 3.05) is 0 Å². The lowest BCUT2D eigenvalue weighted by Crippen LogP contribution is -2.48. The van der Waals surface area contributed by atoms with E-state index in [1.165, 1.54) is 6.92 Å². The Bertz CT molecular complexity index is 314. The van der Waals surface area contributed by atoms with Gasteiger partial charge in [-0.15, -0.1) is 11.6 Å². The van der Waals surface area contributed by atoms with Crippen LogP contribution in [-0.2, 0) is 9.53 Å². The zero-order valence-electron chi connectivity index (χ0n) is 8.13. The van der Waals surface area contributed by atoms with Gasteiger partial charge in [0.05, 0.1) is 0 Å². The van der Waals surface area contributed by atoms with Crippen molar-refractivity contribution >= 4 is 46.7 Å². The van der Waals surface area contributed by atoms with E-state index in [-0.39, 0.29) is 12.3 Å². The maximum absolute atomic E-state index is 10.8. The molecule has 0 aromatic rings. The van der Waals surface area contributed by atoms with Gasteiger partial charge in [-0.1, -0.05) is 23.2 Å². The molecule has 0 saturated heterocycles. The first-order valence-corrected chi connectivity index (χ1v) is 5.30. The summed E-state index contributed by atoms with van der Waals surface area (Å²) in [6, 6.07) is 0. The van der Waals surface area contributed by atoms with Gasteiger partial charge in [-0.2, -0.15) is 0 Å². The maximum atomic E-state index is 10.8. The van der Waals surface area contributed by atoms with Crippen LogP contribution < -0.4 is 0 Å². The second-order valence-corrected chi connectivity index (χ2v) is 5.91. The molecular weight excluding hydrogens is 264 g/mol. The minimum atomic E-state index is -1.47. The fraction of sp³-hybridized carbons (Fsp3) is 0.750. The Kier molecular flexibility index (Phi) is 3.55. The molecule has 2 atom stereocenters. The number of aliphatic hydroxyl groups excluding tert-OH is 1. The standard InChI is InChI=1S/C8H10Cl3NO3/c1-4(13)15-6-7(2,9)3-8(10,11)5(14)12-6/h5,14H,3H2,1-2H3/t5-,7-/m1/s1. The normalized spacial score (nSPS) is 34.5. The Balaban J connectivity index is 3.00. The first-order valence-electron chi connectivity index (χ1n) is 4.17. The first kappa shape index (κ1) is 13.0. The lowest BCUT2D eigenvalue weighted by Gasteiger charge is -2.36. The van der Waals surface area contributed by atoms with Crippen LogP contribution in [0.3, 0.4) is 0 Å². The lowest BCUT2D eigenvalue weighted by atomic mass is 10.00. The highest BCUT2D eigenvalue weighted by atomic mass is 35.5. The van der Waals surface area contributed by atoms with E-state index in [0.717, 1.165) is 0 Å². The van der Waals surface area contributed by atoms with Crippen LogP contribution in [0.4, 0.5) is 0 Å². The van der Waals surface area contributed by atoms with E-state index in [4.69, 9.17) is 39.5 Å². The summed E-state index contributed by atoms with van der Waals surface area (Å²) in [7, 11) is 0. The summed E-state index contributed by atoms with van der Waals surface area (Å²) in [5.41, 5.74) is 0. The van der Waals surface area contributed by atoms with Crippen molar-refractivity contribution in [3.63, 3.8) is 0 Å². The van der Waals surface area contributed by atoms with Crippen LogP contribution in [-0.4, -0.2) is 32.4 Å². The van der Waals surface area contributed by atoms with Gasteiger partial charge >= 0.3 is 5.97 Å². The molecule has 0 amide bonds. The summed E-state index contributed by atoms with van der Waals surface area (Å²) < 4.78 is 3.30. The van der Waals surface area contributed by atoms with Crippen LogP contribution in [0.1, 0.15) is 20.3 Å². The third-order valence-corrected chi connectivity index (χ3v) is 2.82. The van der Waals surface area contributed by atoms with E-state index >= 15 is 0 Å². The summed E-state index contributed by atoms with van der Waals surface area (Å²) in [6.45, 7) is 2.77. The van der Waals surface area contributed by atoms with Crippen LogP contribution >= 0.6 is 34.8 Å². The molecule has 0 aliphatic carbocycles. The molecule has 0 aromatic carbocycles. The molecule has 0 spiro atoms. The third kappa shape index (κ3) is 2.97. The summed E-state index contributed by atoms with van der Waals surface area (Å²) >= 11 is 17.6. The molecular formula is C8H10Cl3NO3. The molecule has 1 aliphatic heterocycles. The summed E-state index contributed by atoms with van der Waals surface area (Å²) in [5.74, 6) is -0.634. The van der Waals surface area contributed by atoms with Crippen molar-refractivity contribution in [2.45, 2.75) is 35.7 Å². The molecule has 1 aliphatic rings. The number of hydrogen-bond acceptors (Lipinski definition) is 4. The number of rotatable bonds is 0. The summed E-state index contributed by atoms with van der Waals surface area (Å²) in [4.78, 5) is 13.3. The first-order chi connectivity index (χ1) is 6.65. The van der Waals surface area contributed by atoms with Crippen LogP contribution in [0.5, 0.6) is 0 Å². The number of carbonyl (C=O) groups is 1. The molecule has 86 valence electrons. The number of alkyl halides is 3. The number of esters is 1. The summed E-state index contributed by atoms with van der Waals surface area (Å²) in [5, 5.41) is 9.45. The van der Waals surface area contributed by atoms with Crippen molar-refractivity contribution in [2.24, 2.45) is 4.99 Å². The van der Waals surface area contributed by atoms with Gasteiger partial charge in [0.25, 0.3) is 0 Å². The van der Waals surface area contributed by atoms with Crippen LogP contribution in [0.15, 0.2) is 4.99 Å². The SMILES string of the molecule is CC(=O)OC1=N[C@H](O)C(Cl)(Cl)C[C@@]1(C)Cl. The molecule has 0 saturated carbocycles. The number of halogens is 3. The van der Waals surface area contributed by atoms with Crippen LogP contribution in [0.25, 0.3) is 0 Å². The average Bonchev–Trinajstić information content (AvgIpc) is 1.97. The molecule has 1 rings (SSSR count). The van der Waals surface area contributed by atoms with Crippen molar-refractivity contribution in [1.29, 1.82) is 0 Å². The number of nitrogens with zero attached hydrogens (tertiary/aromatic N) is 1. The third-order valence-electron chi connectivity index (χ3n) is 1.87. The average molecular weight is 275 g/mol. The van der Waals surface area contributed by atoms with Gasteiger partial charge in [0, 0.05) is 13.3 Å². The molecule has 0 aromatic heterocycles. The molecule has 0 unspecified atom stereocenters. The van der Waals surface area contributed by atoms with Gasteiger partial charge in [-0.3, -0.25) is 4.79 Å². The Hall–Kier alpha value is -0.0300. The van der Waals surface area contributed by atoms with Crippen molar-refractivity contribution in [3.8, 4) is 0 Å². The number of ether oxygens (including phenoxy) is 1. The van der Waals surface area contributed by atoms with Gasteiger partial charge in [-0.25, -0.2) is 4.99 Å². The molecule has 15 heavy (non-hydrogen) atoms. The quantitative estimate of drug-likeness (QED) is 0.542. The predicted molar refractivity (Wildman–Crippen MR) is 58.5 cm³/mol. The van der Waals surface area contributed by atoms with Crippen molar-refractivity contribution < 1.29 is 14.6 Å². The Morgan fingerprint density at radius 1 is 1.60 bits per heavy atom. The van der Waals surface area contributed by atoms with E-state index in [0.29, 0.717) is 0 Å². The fourth-order valence-electron chi connectivity index (χ4n) is 1.22. The maximum Gasteiger partial charge on any atom is 0.309 e. The zero-order chi connectivity index (χ0) is 11.9. The Labute approximate surface area is 102 Å². The van der Waals surface area contributed by atoms with E-state index < -0.39 is 21.4 Å². The van der Waals surface area contributed by atoms with E-state index in [9.17, 15) is 9.90 Å². The summed E-state index contributed by atoms with van der Waals surface area (Å²) in [6.07, 6.45) is -1.33.